The van der Waals surface area contributed by atoms with Gasteiger partial charge in [0.15, 0.2) is 5.75 Å². The van der Waals surface area contributed by atoms with E-state index >= 15 is 0 Å². The predicted molar refractivity (Wildman–Crippen MR) is 87.5 cm³/mol. The van der Waals surface area contributed by atoms with Crippen LogP contribution >= 0.6 is 0 Å². The second-order valence-corrected chi connectivity index (χ2v) is 5.09. The van der Waals surface area contributed by atoms with Crippen LogP contribution < -0.4 is 10.5 Å². The number of nitro groups is 1. The third kappa shape index (κ3) is 2.65. The molecule has 0 spiro atoms. The Morgan fingerprint density at radius 3 is 2.79 bits per heavy atom. The summed E-state index contributed by atoms with van der Waals surface area (Å²) in [4.78, 5) is 14.9. The highest BCUT2D eigenvalue weighted by atomic mass is 16.6. The molecular weight excluding hydrogens is 312 g/mol. The van der Waals surface area contributed by atoms with Gasteiger partial charge in [0.2, 0.25) is 5.82 Å². The normalized spacial score (nSPS) is 10.6. The Kier molecular flexibility index (Phi) is 3.87. The number of nitro benzene ring substituents is 1. The summed E-state index contributed by atoms with van der Waals surface area (Å²) in [6, 6.07) is 9.86. The maximum absolute atomic E-state index is 11.1. The van der Waals surface area contributed by atoms with Crippen LogP contribution in [0, 0.1) is 17.0 Å². The van der Waals surface area contributed by atoms with Gasteiger partial charge in [-0.2, -0.15) is 4.98 Å². The number of ether oxygens (including phenoxy) is 1. The lowest BCUT2D eigenvalue weighted by Crippen LogP contribution is -1.94. The van der Waals surface area contributed by atoms with E-state index in [1.165, 1.54) is 19.2 Å². The Labute approximate surface area is 137 Å². The van der Waals surface area contributed by atoms with Gasteiger partial charge in [0.1, 0.15) is 0 Å². The van der Waals surface area contributed by atoms with E-state index in [1.807, 2.05) is 13.0 Å². The van der Waals surface area contributed by atoms with Gasteiger partial charge in [-0.05, 0) is 30.7 Å². The lowest BCUT2D eigenvalue weighted by Gasteiger charge is -2.03. The summed E-state index contributed by atoms with van der Waals surface area (Å²) in [7, 11) is 1.37. The van der Waals surface area contributed by atoms with Gasteiger partial charge in [0.05, 0.1) is 12.0 Å². The summed E-state index contributed by atoms with van der Waals surface area (Å²) >= 11 is 0. The predicted octanol–water partition coefficient (Wildman–Crippen LogP) is 3.21. The summed E-state index contributed by atoms with van der Waals surface area (Å²) in [6.45, 7) is 1.86. The molecule has 2 aromatic carbocycles. The molecule has 3 aromatic rings. The van der Waals surface area contributed by atoms with Crippen LogP contribution in [0.15, 0.2) is 40.9 Å². The van der Waals surface area contributed by atoms with Gasteiger partial charge < -0.3 is 15.0 Å². The topological polar surface area (TPSA) is 117 Å². The minimum Gasteiger partial charge on any atom is -0.490 e. The Morgan fingerprint density at radius 2 is 2.08 bits per heavy atom. The van der Waals surface area contributed by atoms with Gasteiger partial charge >= 0.3 is 5.69 Å². The van der Waals surface area contributed by atoms with E-state index in [2.05, 4.69) is 10.1 Å². The summed E-state index contributed by atoms with van der Waals surface area (Å²) in [6.07, 6.45) is 0. The molecule has 0 bridgehead atoms. The van der Waals surface area contributed by atoms with Crippen molar-refractivity contribution in [2.75, 3.05) is 12.8 Å². The van der Waals surface area contributed by atoms with E-state index < -0.39 is 4.92 Å². The Bertz CT molecular complexity index is 920. The van der Waals surface area contributed by atoms with Crippen LogP contribution in [-0.4, -0.2) is 22.2 Å². The van der Waals surface area contributed by atoms with Gasteiger partial charge in [-0.3, -0.25) is 10.1 Å². The van der Waals surface area contributed by atoms with Crippen molar-refractivity contribution in [3.8, 4) is 28.6 Å². The highest BCUT2D eigenvalue weighted by molar-refractivity contribution is 5.69. The van der Waals surface area contributed by atoms with Crippen LogP contribution in [-0.2, 0) is 0 Å². The fourth-order valence-corrected chi connectivity index (χ4v) is 2.31. The van der Waals surface area contributed by atoms with E-state index in [-0.39, 0.29) is 17.3 Å². The van der Waals surface area contributed by atoms with Crippen LogP contribution in [0.4, 0.5) is 11.4 Å². The van der Waals surface area contributed by atoms with Crippen molar-refractivity contribution in [2.24, 2.45) is 0 Å². The molecule has 0 aliphatic rings. The Morgan fingerprint density at radius 1 is 1.29 bits per heavy atom. The van der Waals surface area contributed by atoms with E-state index in [0.717, 1.165) is 11.1 Å². The van der Waals surface area contributed by atoms with E-state index in [4.69, 9.17) is 15.0 Å². The van der Waals surface area contributed by atoms with Crippen molar-refractivity contribution < 1.29 is 14.2 Å². The average molecular weight is 326 g/mol. The molecule has 0 atom stereocenters. The van der Waals surface area contributed by atoms with Crippen molar-refractivity contribution in [1.29, 1.82) is 0 Å². The van der Waals surface area contributed by atoms with Gasteiger partial charge in [0.25, 0.3) is 5.89 Å². The number of hydrogen-bond acceptors (Lipinski definition) is 7. The molecule has 0 saturated heterocycles. The number of methoxy groups -OCH3 is 1. The van der Waals surface area contributed by atoms with Crippen molar-refractivity contribution in [2.45, 2.75) is 6.92 Å². The van der Waals surface area contributed by atoms with Crippen LogP contribution in [0.3, 0.4) is 0 Å². The van der Waals surface area contributed by atoms with Crippen LogP contribution in [0.5, 0.6) is 5.75 Å². The number of aromatic nitrogens is 2. The number of nitrogens with two attached hydrogens (primary N) is 1. The van der Waals surface area contributed by atoms with E-state index in [9.17, 15) is 10.1 Å². The fraction of sp³-hybridized carbons (Fsp3) is 0.125. The molecule has 24 heavy (non-hydrogen) atoms. The summed E-state index contributed by atoms with van der Waals surface area (Å²) in [5.41, 5.74) is 8.35. The van der Waals surface area contributed by atoms with Crippen LogP contribution in [0.2, 0.25) is 0 Å². The number of hydrogen-bond donors (Lipinski definition) is 1. The number of nitrogen functional groups attached to an aromatic ring is 1. The largest absolute Gasteiger partial charge is 0.490 e. The van der Waals surface area contributed by atoms with Crippen molar-refractivity contribution in [3.63, 3.8) is 0 Å². The molecule has 0 saturated carbocycles. The standard InChI is InChI=1S/C16H14N4O4/c1-9-11(4-3-5-12(9)17)15-18-16(24-19-15)10-6-7-14(23-2)13(8-10)20(21)22/h3-8H,17H2,1-2H3. The highest BCUT2D eigenvalue weighted by Gasteiger charge is 2.19. The SMILES string of the molecule is COc1ccc(-c2nc(-c3cccc(N)c3C)no2)cc1[N+](=O)[O-]. The van der Waals surface area contributed by atoms with Crippen LogP contribution in [0.25, 0.3) is 22.8 Å². The van der Waals surface area contributed by atoms with Crippen molar-refractivity contribution >= 4 is 11.4 Å². The first-order valence-corrected chi connectivity index (χ1v) is 7.03. The lowest BCUT2D eigenvalue weighted by atomic mass is 10.1. The quantitative estimate of drug-likeness (QED) is 0.444. The third-order valence-electron chi connectivity index (χ3n) is 3.67. The number of rotatable bonds is 4. The molecule has 2 N–H and O–H groups in total. The Hall–Kier alpha value is -3.42. The number of nitrogens with zero attached hydrogens (tertiary/aromatic N) is 3. The van der Waals surface area contributed by atoms with E-state index in [0.29, 0.717) is 17.1 Å². The highest BCUT2D eigenvalue weighted by Crippen LogP contribution is 2.33. The maximum atomic E-state index is 11.1. The van der Waals surface area contributed by atoms with E-state index in [1.54, 1.807) is 18.2 Å². The summed E-state index contributed by atoms with van der Waals surface area (Å²) < 4.78 is 10.2. The maximum Gasteiger partial charge on any atom is 0.311 e. The molecule has 0 amide bonds. The zero-order chi connectivity index (χ0) is 17.3. The Balaban J connectivity index is 2.04. The monoisotopic (exact) mass is 326 g/mol. The van der Waals surface area contributed by atoms with Gasteiger partial charge in [0, 0.05) is 22.9 Å². The fourth-order valence-electron chi connectivity index (χ4n) is 2.31. The molecule has 0 fully saturated rings. The molecule has 122 valence electrons. The molecule has 8 nitrogen and oxygen atoms in total. The summed E-state index contributed by atoms with van der Waals surface area (Å²) in [5, 5.41) is 15.1. The summed E-state index contributed by atoms with van der Waals surface area (Å²) in [5.74, 6) is 0.709. The molecule has 3 rings (SSSR count). The zero-order valence-corrected chi connectivity index (χ0v) is 13.0. The smallest absolute Gasteiger partial charge is 0.311 e. The number of benzene rings is 2. The van der Waals surface area contributed by atoms with Gasteiger partial charge in [-0.15, -0.1) is 0 Å². The third-order valence-corrected chi connectivity index (χ3v) is 3.67. The molecule has 0 radical (unpaired) electrons. The number of anilines is 1. The zero-order valence-electron chi connectivity index (χ0n) is 13.0. The first-order chi connectivity index (χ1) is 11.5. The molecule has 8 heteroatoms. The molecule has 0 aliphatic carbocycles. The average Bonchev–Trinajstić information content (AvgIpc) is 3.06. The molecular formula is C16H14N4O4. The van der Waals surface area contributed by atoms with Gasteiger partial charge in [-0.25, -0.2) is 0 Å². The van der Waals surface area contributed by atoms with Gasteiger partial charge in [-0.1, -0.05) is 17.3 Å². The van der Waals surface area contributed by atoms with Crippen LogP contribution in [0.1, 0.15) is 5.56 Å². The molecule has 1 aromatic heterocycles. The first-order valence-electron chi connectivity index (χ1n) is 7.03. The van der Waals surface area contributed by atoms with Crippen molar-refractivity contribution in [3.05, 3.63) is 52.1 Å². The first kappa shape index (κ1) is 15.5. The van der Waals surface area contributed by atoms with Crippen molar-refractivity contribution in [1.82, 2.24) is 10.1 Å². The molecule has 0 unspecified atom stereocenters. The lowest BCUT2D eigenvalue weighted by molar-refractivity contribution is -0.385. The minimum atomic E-state index is -0.526. The molecule has 1 heterocycles. The molecule has 0 aliphatic heterocycles. The minimum absolute atomic E-state index is 0.162. The second kappa shape index (κ2) is 5.99. The second-order valence-electron chi connectivity index (χ2n) is 5.09.